The van der Waals surface area contributed by atoms with Crippen LogP contribution in [0.4, 0.5) is 0 Å². The highest BCUT2D eigenvalue weighted by molar-refractivity contribution is 5.69. The van der Waals surface area contributed by atoms with Crippen molar-refractivity contribution in [3.05, 3.63) is 71.2 Å². The third-order valence-electron chi connectivity index (χ3n) is 4.92. The molecule has 0 fully saturated rings. The summed E-state index contributed by atoms with van der Waals surface area (Å²) in [6.45, 7) is 16.7. The van der Waals surface area contributed by atoms with Crippen molar-refractivity contribution in [2.45, 2.75) is 46.6 Å². The van der Waals surface area contributed by atoms with E-state index in [9.17, 15) is 19.5 Å². The number of aryl methyl sites for hydroxylation is 1. The van der Waals surface area contributed by atoms with Crippen molar-refractivity contribution < 1.29 is 5.11 Å². The molecule has 3 N–H and O–H groups in total. The predicted octanol–water partition coefficient (Wildman–Crippen LogP) is 1.53. The molecule has 2 heterocycles. The molecule has 0 aliphatic heterocycles. The van der Waals surface area contributed by atoms with Gasteiger partial charge in [-0.15, -0.1) is 4.95 Å². The Bertz CT molecular complexity index is 1320. The van der Waals surface area contributed by atoms with Crippen LogP contribution >= 0.6 is 0 Å². The summed E-state index contributed by atoms with van der Waals surface area (Å²) < 4.78 is 1.53. The second kappa shape index (κ2) is 6.27. The summed E-state index contributed by atoms with van der Waals surface area (Å²) in [6, 6.07) is 1.87. The first-order valence-corrected chi connectivity index (χ1v) is 8.65. The molecule has 0 aliphatic rings. The standard InChI is InChI=1S/C19H21N5O4/c1-9-7-12(19(3,4)5)14(25)10(2)11(9)8-23-15-13(21-17(27)22-15)16(26)24(20-6)18(23)28/h7,25H,8H2,1-5H3,(H2,21,22,27). The van der Waals surface area contributed by atoms with Crippen LogP contribution in [0.5, 0.6) is 5.75 Å². The molecule has 0 saturated carbocycles. The maximum absolute atomic E-state index is 12.7. The molecular formula is C19H21N5O4. The molecule has 1 aromatic carbocycles. The van der Waals surface area contributed by atoms with Crippen LogP contribution in [0.1, 0.15) is 43.0 Å². The third kappa shape index (κ3) is 2.83. The van der Waals surface area contributed by atoms with Crippen molar-refractivity contribution in [2.75, 3.05) is 0 Å². The number of nitrogens with zero attached hydrogens (tertiary/aromatic N) is 3. The fraction of sp³-hybridized carbons (Fsp3) is 0.368. The van der Waals surface area contributed by atoms with Gasteiger partial charge in [-0.05, 0) is 41.5 Å². The molecule has 0 bridgehead atoms. The Balaban J connectivity index is 2.32. The summed E-state index contributed by atoms with van der Waals surface area (Å²) in [4.78, 5) is 44.4. The Labute approximate surface area is 159 Å². The van der Waals surface area contributed by atoms with Crippen LogP contribution in [0.25, 0.3) is 16.1 Å². The Morgan fingerprint density at radius 2 is 1.82 bits per heavy atom. The topological polar surface area (TPSA) is 117 Å². The molecule has 0 saturated heterocycles. The van der Waals surface area contributed by atoms with Crippen LogP contribution in [-0.2, 0) is 12.0 Å². The maximum atomic E-state index is 12.7. The summed E-state index contributed by atoms with van der Waals surface area (Å²) in [5, 5.41) is 10.7. The van der Waals surface area contributed by atoms with Gasteiger partial charge in [0, 0.05) is 0 Å². The molecule has 3 aromatic rings. The highest BCUT2D eigenvalue weighted by Crippen LogP contribution is 2.36. The summed E-state index contributed by atoms with van der Waals surface area (Å²) in [6.07, 6.45) is 0. The molecular weight excluding hydrogens is 362 g/mol. The van der Waals surface area contributed by atoms with Crippen molar-refractivity contribution >= 4 is 11.2 Å². The molecule has 2 aromatic heterocycles. The van der Waals surface area contributed by atoms with Crippen LogP contribution in [-0.4, -0.2) is 24.3 Å². The Hall–Kier alpha value is -3.54. The highest BCUT2D eigenvalue weighted by atomic mass is 16.3. The Morgan fingerprint density at radius 3 is 2.39 bits per heavy atom. The first-order chi connectivity index (χ1) is 13.0. The zero-order valence-corrected chi connectivity index (χ0v) is 16.3. The average Bonchev–Trinajstić information content (AvgIpc) is 2.98. The van der Waals surface area contributed by atoms with E-state index in [2.05, 4.69) is 14.9 Å². The minimum atomic E-state index is -0.885. The summed E-state index contributed by atoms with van der Waals surface area (Å²) in [5.41, 5.74) is 0.0980. The first-order valence-electron chi connectivity index (χ1n) is 8.65. The highest BCUT2D eigenvalue weighted by Gasteiger charge is 2.24. The van der Waals surface area contributed by atoms with Gasteiger partial charge in [0.15, 0.2) is 5.52 Å². The minimum Gasteiger partial charge on any atom is -0.507 e. The van der Waals surface area contributed by atoms with Crippen molar-refractivity contribution in [3.63, 3.8) is 0 Å². The number of phenolic OH excluding ortho intramolecular Hbond substituents is 1. The maximum Gasteiger partial charge on any atom is 0.401 e. The van der Waals surface area contributed by atoms with Crippen molar-refractivity contribution in [3.8, 4) is 5.75 Å². The van der Waals surface area contributed by atoms with Gasteiger partial charge < -0.3 is 5.11 Å². The van der Waals surface area contributed by atoms with E-state index in [1.54, 1.807) is 6.92 Å². The number of aromatic amines is 2. The van der Waals surface area contributed by atoms with E-state index in [0.29, 0.717) is 15.8 Å². The smallest absolute Gasteiger partial charge is 0.401 e. The van der Waals surface area contributed by atoms with Gasteiger partial charge in [0.2, 0.25) is 0 Å². The van der Waals surface area contributed by atoms with Crippen molar-refractivity contribution in [2.24, 2.45) is 0 Å². The minimum absolute atomic E-state index is 0.0121. The largest absolute Gasteiger partial charge is 0.507 e. The predicted molar refractivity (Wildman–Crippen MR) is 105 cm³/mol. The lowest BCUT2D eigenvalue weighted by Crippen LogP contribution is -2.37. The number of nitrogens with one attached hydrogen (secondary N) is 2. The molecule has 0 atom stereocenters. The lowest BCUT2D eigenvalue weighted by atomic mass is 9.82. The normalized spacial score (nSPS) is 11.7. The molecule has 0 aliphatic carbocycles. The quantitative estimate of drug-likeness (QED) is 0.582. The van der Waals surface area contributed by atoms with Gasteiger partial charge in [0.1, 0.15) is 11.4 Å². The molecule has 0 radical (unpaired) electrons. The van der Waals surface area contributed by atoms with E-state index >= 15 is 0 Å². The zero-order valence-electron chi connectivity index (χ0n) is 16.3. The molecule has 0 amide bonds. The second-order valence-corrected chi connectivity index (χ2v) is 7.83. The number of aromatic hydroxyl groups is 1. The number of benzene rings is 1. The van der Waals surface area contributed by atoms with Crippen LogP contribution < -0.4 is 16.9 Å². The molecule has 0 unspecified atom stereocenters. The van der Waals surface area contributed by atoms with Gasteiger partial charge in [-0.3, -0.25) is 19.3 Å². The molecule has 28 heavy (non-hydrogen) atoms. The van der Waals surface area contributed by atoms with E-state index in [1.165, 1.54) is 0 Å². The molecule has 146 valence electrons. The van der Waals surface area contributed by atoms with Gasteiger partial charge in [-0.25, -0.2) is 9.59 Å². The summed E-state index contributed by atoms with van der Waals surface area (Å²) >= 11 is 0. The van der Waals surface area contributed by atoms with Gasteiger partial charge in [0.05, 0.1) is 11.2 Å². The second-order valence-electron chi connectivity index (χ2n) is 7.83. The fourth-order valence-corrected chi connectivity index (χ4v) is 3.35. The molecule has 3 rings (SSSR count). The fourth-order valence-electron chi connectivity index (χ4n) is 3.35. The molecule has 9 heteroatoms. The van der Waals surface area contributed by atoms with Gasteiger partial charge in [0.25, 0.3) is 0 Å². The van der Waals surface area contributed by atoms with Gasteiger partial charge in [-0.1, -0.05) is 26.8 Å². The Morgan fingerprint density at radius 1 is 1.18 bits per heavy atom. The summed E-state index contributed by atoms with van der Waals surface area (Å²) in [5.74, 6) is 0.137. The third-order valence-corrected chi connectivity index (χ3v) is 4.92. The lowest BCUT2D eigenvalue weighted by molar-refractivity contribution is 0.441. The van der Waals surface area contributed by atoms with E-state index in [1.807, 2.05) is 33.8 Å². The van der Waals surface area contributed by atoms with Crippen LogP contribution in [0.3, 0.4) is 0 Å². The molecule has 9 nitrogen and oxygen atoms in total. The number of rotatable bonds is 2. The van der Waals surface area contributed by atoms with Gasteiger partial charge in [-0.2, -0.15) is 6.57 Å². The number of hydrogen-bond donors (Lipinski definition) is 3. The van der Waals surface area contributed by atoms with Crippen LogP contribution in [0.15, 0.2) is 20.4 Å². The van der Waals surface area contributed by atoms with Crippen molar-refractivity contribution in [1.82, 2.24) is 19.2 Å². The zero-order chi connectivity index (χ0) is 21.0. The summed E-state index contributed by atoms with van der Waals surface area (Å²) in [7, 11) is 0. The number of aromatic nitrogens is 4. The molecule has 0 spiro atoms. The lowest BCUT2D eigenvalue weighted by Gasteiger charge is -2.24. The van der Waals surface area contributed by atoms with E-state index in [-0.39, 0.29) is 28.9 Å². The number of hydrogen-bond acceptors (Lipinski definition) is 4. The van der Waals surface area contributed by atoms with E-state index in [4.69, 9.17) is 6.57 Å². The average molecular weight is 383 g/mol. The first kappa shape index (κ1) is 19.2. The number of H-pyrrole nitrogens is 2. The van der Waals surface area contributed by atoms with Crippen molar-refractivity contribution in [1.29, 1.82) is 0 Å². The Kier molecular flexibility index (Phi) is 4.30. The number of imidazole rings is 1. The SMILES string of the molecule is [C-]#[N+]n1c(=O)c2[nH]c(=O)[nH]c2n(Cc2c(C)cc(C(C)(C)C)c(O)c2C)c1=O. The van der Waals surface area contributed by atoms with E-state index in [0.717, 1.165) is 15.7 Å². The van der Waals surface area contributed by atoms with E-state index < -0.39 is 16.9 Å². The van der Waals surface area contributed by atoms with Crippen LogP contribution in [0, 0.1) is 20.4 Å². The van der Waals surface area contributed by atoms with Gasteiger partial charge >= 0.3 is 16.9 Å². The number of phenols is 1. The number of fused-ring (bicyclic) bond motifs is 1. The monoisotopic (exact) mass is 383 g/mol. The van der Waals surface area contributed by atoms with Crippen LogP contribution in [0.2, 0.25) is 0 Å².